The first-order valence-electron chi connectivity index (χ1n) is 23.1. The van der Waals surface area contributed by atoms with Crippen molar-refractivity contribution in [2.24, 2.45) is 21.1 Å². The van der Waals surface area contributed by atoms with E-state index in [1.807, 2.05) is 12.5 Å². The van der Waals surface area contributed by atoms with Gasteiger partial charge in [-0.15, -0.1) is 25.1 Å². The van der Waals surface area contributed by atoms with Crippen LogP contribution in [0.4, 0.5) is 0 Å². The zero-order valence-electron chi connectivity index (χ0n) is 45.6. The topological polar surface area (TPSA) is 437 Å². The van der Waals surface area contributed by atoms with Crippen molar-refractivity contribution in [3.05, 3.63) is 37.5 Å². The molecule has 5 fully saturated rings. The molecular formula is C37H77Ac2N20NaO16S2-2. The van der Waals surface area contributed by atoms with Gasteiger partial charge in [0, 0.05) is 166 Å². The van der Waals surface area contributed by atoms with Gasteiger partial charge < -0.3 is 92.4 Å². The quantitative estimate of drug-likeness (QED) is 0.0310. The van der Waals surface area contributed by atoms with Gasteiger partial charge in [0.25, 0.3) is 5.97 Å². The Morgan fingerprint density at radius 3 is 1.19 bits per heavy atom. The second kappa shape index (κ2) is 56.6. The summed E-state index contributed by atoms with van der Waals surface area (Å²) in [5.74, 6) is -0.0710. The number of carbonyl (C=O) groups is 5. The number of nitrogens with zero attached hydrogens (tertiary/aromatic N) is 16. The maximum absolute atomic E-state index is 11.7. The van der Waals surface area contributed by atoms with Gasteiger partial charge in [-0.1, -0.05) is 12.8 Å². The van der Waals surface area contributed by atoms with Gasteiger partial charge >= 0.3 is 35.5 Å². The number of carbonyl (C=O) groups excluding carboxylic acids is 4. The van der Waals surface area contributed by atoms with Crippen molar-refractivity contribution < 1.29 is 191 Å². The number of aliphatic carboxylic acids is 1. The molecule has 0 aliphatic carbocycles. The van der Waals surface area contributed by atoms with Crippen LogP contribution in [0.1, 0.15) is 12.8 Å². The second-order valence-electron chi connectivity index (χ2n) is 15.0. The van der Waals surface area contributed by atoms with Crippen LogP contribution in [0.15, 0.2) is 21.1 Å². The Morgan fingerprint density at radius 1 is 0.577 bits per heavy atom. The van der Waals surface area contributed by atoms with Gasteiger partial charge in [-0.2, -0.15) is 23.5 Å². The number of nitrogens with one attached hydrogen (secondary N) is 4. The van der Waals surface area contributed by atoms with E-state index in [4.69, 9.17) is 26.5 Å². The Labute approximate surface area is 556 Å². The third kappa shape index (κ3) is 41.7. The van der Waals surface area contributed by atoms with Crippen molar-refractivity contribution in [3.63, 3.8) is 0 Å². The summed E-state index contributed by atoms with van der Waals surface area (Å²) in [5.41, 5.74) is 14.6. The molecule has 3 amide bonds. The number of hydrazine groups is 4. The van der Waals surface area contributed by atoms with Crippen molar-refractivity contribution >= 4 is 54.7 Å². The Hall–Kier alpha value is -2.31. The number of aliphatic hydroxyl groups excluding tert-OH is 1. The van der Waals surface area contributed by atoms with Crippen LogP contribution in [-0.4, -0.2) is 296 Å². The van der Waals surface area contributed by atoms with E-state index in [9.17, 15) is 50.0 Å². The molecule has 2 unspecified atom stereocenters. The van der Waals surface area contributed by atoms with Gasteiger partial charge in [-0.05, 0) is 41.4 Å². The Morgan fingerprint density at radius 2 is 0.885 bits per heavy atom. The van der Waals surface area contributed by atoms with Crippen molar-refractivity contribution in [1.82, 2.24) is 50.4 Å². The SMILES string of the molecule is CO.CO/N=[N+](\[O-])N1CCN(C=O)CC1.CO/N=[N+](\[O-])N1CCN(OC(=O)C([NH-])CCSC)CC1.CO/N=[N+](\[O-])N1CCNCC1.CSCCC([NH-])C(=O)O.O=CN1CCN(/[N+]([O-])=N/[O-])CC1.O=CN1CCNCC1.[Ac].[Ac].[Na+]. The summed E-state index contributed by atoms with van der Waals surface area (Å²) in [4.78, 5) is 76.7. The summed E-state index contributed by atoms with van der Waals surface area (Å²) < 4.78 is 0. The number of hydroxylamine groups is 2. The number of hydrogen-bond acceptors (Lipinski definition) is 24. The van der Waals surface area contributed by atoms with Crippen molar-refractivity contribution in [2.75, 3.05) is 183 Å². The summed E-state index contributed by atoms with van der Waals surface area (Å²) in [6.07, 6.45) is 7.14. The van der Waals surface area contributed by atoms with E-state index in [-0.39, 0.29) is 123 Å². The van der Waals surface area contributed by atoms with Crippen LogP contribution in [0.3, 0.4) is 0 Å². The minimum atomic E-state index is -1.02. The first kappa shape index (κ1) is 84.5. The average Bonchev–Trinajstić information content (AvgIpc) is 3.45. The van der Waals surface area contributed by atoms with E-state index >= 15 is 0 Å². The molecule has 5 heterocycles. The molecule has 0 aromatic carbocycles. The molecule has 36 nitrogen and oxygen atoms in total. The first-order chi connectivity index (χ1) is 36.1. The summed E-state index contributed by atoms with van der Waals surface area (Å²) in [5, 5.41) is 94.2. The van der Waals surface area contributed by atoms with Crippen LogP contribution in [0.25, 0.3) is 11.5 Å². The molecule has 0 bridgehead atoms. The zero-order chi connectivity index (χ0) is 56.8. The molecule has 0 aromatic rings. The number of thioether (sulfide) groups is 2. The van der Waals surface area contributed by atoms with Crippen LogP contribution in [0.2, 0.25) is 0 Å². The van der Waals surface area contributed by atoms with Crippen molar-refractivity contribution in [1.29, 1.82) is 0 Å². The first-order valence-corrected chi connectivity index (χ1v) is 25.9. The predicted molar refractivity (Wildman–Crippen MR) is 269 cm³/mol. The molecule has 78 heavy (non-hydrogen) atoms. The van der Waals surface area contributed by atoms with Crippen LogP contribution >= 0.6 is 23.5 Å². The molecule has 2 atom stereocenters. The number of rotatable bonds is 19. The van der Waals surface area contributed by atoms with Crippen molar-refractivity contribution in [3.8, 4) is 0 Å². The summed E-state index contributed by atoms with van der Waals surface area (Å²) in [6.45, 7) is 11.8. The molecule has 5 saturated heterocycles. The third-order valence-corrected chi connectivity index (χ3v) is 11.3. The maximum Gasteiger partial charge on any atom is 1.00 e. The molecule has 5 aliphatic heterocycles. The minimum Gasteiger partial charge on any atom is -0.737 e. The van der Waals surface area contributed by atoms with Gasteiger partial charge in [-0.3, -0.25) is 24.0 Å². The fourth-order valence-corrected chi connectivity index (χ4v) is 6.79. The normalized spacial score (nSPS) is 17.5. The Balaban J connectivity index is -0.000000276. The molecule has 41 heteroatoms. The minimum absolute atomic E-state index is 0. The van der Waals surface area contributed by atoms with Crippen LogP contribution in [0.5, 0.6) is 0 Å². The molecule has 6 N–H and O–H groups in total. The summed E-state index contributed by atoms with van der Waals surface area (Å²) in [6, 6.07) is -1.79. The molecule has 2 radical (unpaired) electrons. The molecule has 0 aromatic heterocycles. The van der Waals surface area contributed by atoms with Crippen molar-refractivity contribution in [2.45, 2.75) is 24.9 Å². The van der Waals surface area contributed by atoms with Crippen LogP contribution in [-0.2, 0) is 43.3 Å². The van der Waals surface area contributed by atoms with Crippen LogP contribution < -0.4 is 40.2 Å². The van der Waals surface area contributed by atoms with E-state index in [0.29, 0.717) is 119 Å². The maximum atomic E-state index is 11.7. The smallest absolute Gasteiger partial charge is 0.737 e. The van der Waals surface area contributed by atoms with E-state index in [1.165, 1.54) is 46.3 Å². The van der Waals surface area contributed by atoms with E-state index in [2.05, 4.69) is 46.3 Å². The van der Waals surface area contributed by atoms with E-state index < -0.39 is 24.0 Å². The third-order valence-electron chi connectivity index (χ3n) is 10.0. The number of piperazine rings is 5. The second-order valence-corrected chi connectivity index (χ2v) is 16.9. The zero-order valence-corrected chi connectivity index (χ0v) is 58.7. The summed E-state index contributed by atoms with van der Waals surface area (Å²) >= 11 is 3.16. The van der Waals surface area contributed by atoms with Crippen LogP contribution in [0, 0.1) is 114 Å². The number of carboxylic acids is 1. The van der Waals surface area contributed by atoms with Gasteiger partial charge in [0.05, 0.1) is 80.4 Å². The molecule has 0 spiro atoms. The fraction of sp³-hybridized carbons (Fsp3) is 0.865. The predicted octanol–water partition coefficient (Wildman–Crippen LogP) is -4.75. The molecule has 5 rings (SSSR count). The van der Waals surface area contributed by atoms with Gasteiger partial charge in [0.15, 0.2) is 0 Å². The monoisotopic (exact) mass is 1600 g/mol. The van der Waals surface area contributed by atoms with E-state index in [1.54, 1.807) is 38.3 Å². The number of amides is 3. The Bertz CT molecular complexity index is 1640. The largest absolute Gasteiger partial charge is 1.00 e. The number of hydrogen-bond donors (Lipinski definition) is 4. The fourth-order valence-electron chi connectivity index (χ4n) is 5.85. The molecule has 0 saturated carbocycles. The Kier molecular flexibility index (Phi) is 61.3. The average molecular weight is 1600 g/mol. The van der Waals surface area contributed by atoms with Gasteiger partial charge in [0.2, 0.25) is 35.1 Å². The number of carboxylic acid groups (broad SMARTS) is 1. The molecule has 5 aliphatic rings. The van der Waals surface area contributed by atoms with Gasteiger partial charge in [0.1, 0.15) is 21.3 Å². The molecular weight excluding hydrogens is 1520 g/mol. The molecule has 442 valence electrons. The summed E-state index contributed by atoms with van der Waals surface area (Å²) in [7, 11) is 4.96. The number of aliphatic hydroxyl groups is 1. The van der Waals surface area contributed by atoms with Gasteiger partial charge in [-0.25, -0.2) is 0 Å². The standard InChI is InChI=1S/C10H20N5O4S.C6H12N4O3.C5H10N4O3.C5H12N4O2.C5H10N2O.C5H10NO2S.CH4O.2Ac.Na/c1-18-12-15(17)13-4-6-14(7-5-13)19-10(16)9(11)3-8-20-2;1-13-7-10(12)9-4-2-8(6-11)3-5-9;10-5-7-1-3-8(4-2-7)9(12)6-11;1-11-7-9(10)8-4-2-6-3-5-8;8-5-7-3-1-6-2-4-7;1-9-3-2-4(6)5(7)8;1-2;;;/h9,11H,3-8H2,1-2H3;6H,2-5H2,1H3;5,11H,1-4H2;6H,2-5H2,1H3;5-6H,1-4H2;4,6H,2-3H2,1H3,(H,7,8);2H,1H3;;;/q-1;;;;;-1;;;;+1/p-1/b15-12-;10-7-;9-6-;9-7-;;;;;;. The van der Waals surface area contributed by atoms with E-state index in [0.717, 1.165) is 77.1 Å².